The SMILES string of the molecule is N#C/C(=C\c1ccc(-n2cncn2)c(F)c1)c1nc(-c2ccncc2)cs1. The van der Waals surface area contributed by atoms with Crippen LogP contribution in [0.2, 0.25) is 0 Å². The van der Waals surface area contributed by atoms with Crippen LogP contribution in [0.4, 0.5) is 4.39 Å². The predicted molar refractivity (Wildman–Crippen MR) is 100 cm³/mol. The molecule has 4 aromatic rings. The van der Waals surface area contributed by atoms with E-state index in [1.54, 1.807) is 30.6 Å². The Balaban J connectivity index is 1.65. The van der Waals surface area contributed by atoms with E-state index in [1.807, 2.05) is 17.5 Å². The van der Waals surface area contributed by atoms with Gasteiger partial charge in [-0.2, -0.15) is 10.4 Å². The lowest BCUT2D eigenvalue weighted by molar-refractivity contribution is 0.610. The van der Waals surface area contributed by atoms with Crippen LogP contribution in [0, 0.1) is 17.1 Å². The Hall–Kier alpha value is -3.70. The Kier molecular flexibility index (Phi) is 4.51. The van der Waals surface area contributed by atoms with Crippen LogP contribution in [0.3, 0.4) is 0 Å². The smallest absolute Gasteiger partial charge is 0.149 e. The fourth-order valence-electron chi connectivity index (χ4n) is 2.49. The van der Waals surface area contributed by atoms with Crippen molar-refractivity contribution in [3.05, 3.63) is 77.1 Å². The Morgan fingerprint density at radius 1 is 1.19 bits per heavy atom. The summed E-state index contributed by atoms with van der Waals surface area (Å²) in [6, 6.07) is 10.5. The summed E-state index contributed by atoms with van der Waals surface area (Å²) in [5, 5.41) is 15.9. The van der Waals surface area contributed by atoms with E-state index in [4.69, 9.17) is 0 Å². The summed E-state index contributed by atoms with van der Waals surface area (Å²) >= 11 is 1.36. The van der Waals surface area contributed by atoms with E-state index in [9.17, 15) is 9.65 Å². The molecule has 0 aliphatic rings. The number of aromatic nitrogens is 5. The van der Waals surface area contributed by atoms with Crippen molar-refractivity contribution in [2.45, 2.75) is 0 Å². The maximum Gasteiger partial charge on any atom is 0.149 e. The number of nitriles is 1. The highest BCUT2D eigenvalue weighted by atomic mass is 32.1. The molecule has 0 aliphatic heterocycles. The molecule has 0 amide bonds. The molecule has 0 saturated carbocycles. The molecule has 27 heavy (non-hydrogen) atoms. The van der Waals surface area contributed by atoms with E-state index in [0.29, 0.717) is 16.1 Å². The van der Waals surface area contributed by atoms with Crippen LogP contribution in [0.25, 0.3) is 28.6 Å². The van der Waals surface area contributed by atoms with Gasteiger partial charge in [-0.05, 0) is 35.9 Å². The molecule has 8 heteroatoms. The third-order valence-corrected chi connectivity index (χ3v) is 4.66. The summed E-state index contributed by atoms with van der Waals surface area (Å²) in [6.45, 7) is 0. The monoisotopic (exact) mass is 374 g/mol. The minimum Gasteiger partial charge on any atom is -0.265 e. The number of hydrogen-bond acceptors (Lipinski definition) is 6. The highest BCUT2D eigenvalue weighted by Gasteiger charge is 2.11. The second-order valence-corrected chi connectivity index (χ2v) is 6.35. The zero-order chi connectivity index (χ0) is 18.6. The lowest BCUT2D eigenvalue weighted by Gasteiger charge is -2.03. The van der Waals surface area contributed by atoms with Crippen molar-refractivity contribution in [3.8, 4) is 23.0 Å². The Morgan fingerprint density at radius 3 is 2.74 bits per heavy atom. The topological polar surface area (TPSA) is 80.3 Å². The molecule has 0 N–H and O–H groups in total. The van der Waals surface area contributed by atoms with E-state index in [0.717, 1.165) is 11.3 Å². The van der Waals surface area contributed by atoms with Crippen LogP contribution >= 0.6 is 11.3 Å². The second kappa shape index (κ2) is 7.27. The minimum absolute atomic E-state index is 0.289. The molecule has 0 atom stereocenters. The van der Waals surface area contributed by atoms with E-state index >= 15 is 0 Å². The van der Waals surface area contributed by atoms with Crippen molar-refractivity contribution < 1.29 is 4.39 Å². The van der Waals surface area contributed by atoms with Crippen molar-refractivity contribution in [3.63, 3.8) is 0 Å². The maximum absolute atomic E-state index is 14.4. The first kappa shape index (κ1) is 16.8. The van der Waals surface area contributed by atoms with E-state index in [2.05, 4.69) is 26.1 Å². The standard InChI is InChI=1S/C19H11FN6S/c20-16-8-13(1-2-18(16)26-12-23-11-24-26)7-15(9-21)19-25-17(10-27-19)14-3-5-22-6-4-14/h1-8,10-12H/b15-7+. The molecule has 4 rings (SSSR count). The summed E-state index contributed by atoms with van der Waals surface area (Å²) in [5.74, 6) is -0.455. The van der Waals surface area contributed by atoms with Gasteiger partial charge in [0.2, 0.25) is 0 Å². The first-order valence-electron chi connectivity index (χ1n) is 7.87. The molecule has 3 heterocycles. The molecule has 3 aromatic heterocycles. The maximum atomic E-state index is 14.4. The molecule has 0 radical (unpaired) electrons. The number of allylic oxidation sites excluding steroid dienone is 1. The Bertz CT molecular complexity index is 1140. The number of benzene rings is 1. The average Bonchev–Trinajstić information content (AvgIpc) is 3.39. The van der Waals surface area contributed by atoms with Crippen molar-refractivity contribution in [1.82, 2.24) is 24.7 Å². The van der Waals surface area contributed by atoms with Gasteiger partial charge in [0.1, 0.15) is 35.2 Å². The second-order valence-electron chi connectivity index (χ2n) is 5.49. The Morgan fingerprint density at radius 2 is 2.04 bits per heavy atom. The fourth-order valence-corrected chi connectivity index (χ4v) is 3.29. The van der Waals surface area contributed by atoms with Gasteiger partial charge in [-0.25, -0.2) is 19.0 Å². The number of halogens is 1. The van der Waals surface area contributed by atoms with Gasteiger partial charge >= 0.3 is 0 Å². The quantitative estimate of drug-likeness (QED) is 0.505. The lowest BCUT2D eigenvalue weighted by atomic mass is 10.1. The third kappa shape index (κ3) is 3.49. The van der Waals surface area contributed by atoms with Gasteiger partial charge in [0.25, 0.3) is 0 Å². The van der Waals surface area contributed by atoms with Gasteiger partial charge in [-0.3, -0.25) is 4.98 Å². The lowest BCUT2D eigenvalue weighted by Crippen LogP contribution is -1.98. The first-order chi connectivity index (χ1) is 13.2. The molecule has 0 saturated heterocycles. The van der Waals surface area contributed by atoms with Crippen molar-refractivity contribution >= 4 is 23.0 Å². The number of nitrogens with zero attached hydrogens (tertiary/aromatic N) is 6. The van der Waals surface area contributed by atoms with E-state index in [-0.39, 0.29) is 5.69 Å². The molecule has 0 aliphatic carbocycles. The molecular formula is C19H11FN6S. The number of rotatable bonds is 4. The highest BCUT2D eigenvalue weighted by molar-refractivity contribution is 7.11. The normalized spacial score (nSPS) is 11.3. The van der Waals surface area contributed by atoms with Gasteiger partial charge in [-0.1, -0.05) is 6.07 Å². The zero-order valence-electron chi connectivity index (χ0n) is 13.8. The van der Waals surface area contributed by atoms with Crippen LogP contribution in [0.5, 0.6) is 0 Å². The van der Waals surface area contributed by atoms with Crippen LogP contribution in [-0.2, 0) is 0 Å². The van der Waals surface area contributed by atoms with Crippen molar-refractivity contribution in [2.24, 2.45) is 0 Å². The molecule has 0 bridgehead atoms. The summed E-state index contributed by atoms with van der Waals surface area (Å²) in [7, 11) is 0. The van der Waals surface area contributed by atoms with Crippen molar-refractivity contribution in [1.29, 1.82) is 5.26 Å². The van der Waals surface area contributed by atoms with E-state index in [1.165, 1.54) is 34.7 Å². The molecule has 1 aromatic carbocycles. The van der Waals surface area contributed by atoms with E-state index < -0.39 is 5.82 Å². The molecule has 0 fully saturated rings. The highest BCUT2D eigenvalue weighted by Crippen LogP contribution is 2.27. The third-order valence-electron chi connectivity index (χ3n) is 3.78. The van der Waals surface area contributed by atoms with Crippen molar-refractivity contribution in [2.75, 3.05) is 0 Å². The molecule has 6 nitrogen and oxygen atoms in total. The van der Waals surface area contributed by atoms with Gasteiger partial charge in [0.15, 0.2) is 0 Å². The summed E-state index contributed by atoms with van der Waals surface area (Å²) in [4.78, 5) is 12.3. The van der Waals surface area contributed by atoms with Crippen LogP contribution in [-0.4, -0.2) is 24.7 Å². The number of hydrogen-bond donors (Lipinski definition) is 0. The summed E-state index contributed by atoms with van der Waals surface area (Å²) in [5.41, 5.74) is 2.92. The summed E-state index contributed by atoms with van der Waals surface area (Å²) < 4.78 is 15.7. The number of pyridine rings is 1. The number of thiazole rings is 1. The molecule has 130 valence electrons. The largest absolute Gasteiger partial charge is 0.265 e. The Labute approximate surface area is 157 Å². The van der Waals surface area contributed by atoms with Crippen LogP contribution in [0.1, 0.15) is 10.6 Å². The van der Waals surface area contributed by atoms with Crippen LogP contribution < -0.4 is 0 Å². The van der Waals surface area contributed by atoms with Gasteiger partial charge in [0.05, 0.1) is 11.3 Å². The van der Waals surface area contributed by atoms with Gasteiger partial charge < -0.3 is 0 Å². The molecule has 0 spiro atoms. The van der Waals surface area contributed by atoms with Gasteiger partial charge in [-0.15, -0.1) is 11.3 Å². The zero-order valence-corrected chi connectivity index (χ0v) is 14.6. The average molecular weight is 374 g/mol. The molecule has 0 unspecified atom stereocenters. The fraction of sp³-hybridized carbons (Fsp3) is 0. The summed E-state index contributed by atoms with van der Waals surface area (Å²) in [6.07, 6.45) is 7.75. The minimum atomic E-state index is -0.455. The first-order valence-corrected chi connectivity index (χ1v) is 8.75. The van der Waals surface area contributed by atoms with Gasteiger partial charge in [0, 0.05) is 23.3 Å². The molecular weight excluding hydrogens is 363 g/mol. The predicted octanol–water partition coefficient (Wildman–Crippen LogP) is 3.99. The van der Waals surface area contributed by atoms with Crippen LogP contribution in [0.15, 0.2) is 60.8 Å².